The van der Waals surface area contributed by atoms with Crippen molar-refractivity contribution in [3.63, 3.8) is 0 Å². The molecule has 0 amide bonds. The van der Waals surface area contributed by atoms with Crippen molar-refractivity contribution >= 4 is 23.5 Å². The Balaban J connectivity index is 2.35. The lowest BCUT2D eigenvalue weighted by molar-refractivity contribution is -0.168. The Hall–Kier alpha value is -1.75. The molecule has 1 rings (SSSR count). The van der Waals surface area contributed by atoms with Crippen molar-refractivity contribution < 1.29 is 23.8 Å². The van der Waals surface area contributed by atoms with E-state index in [1.807, 2.05) is 0 Å². The van der Waals surface area contributed by atoms with Gasteiger partial charge in [-0.25, -0.2) is 0 Å². The molecule has 0 aliphatic carbocycles. The summed E-state index contributed by atoms with van der Waals surface area (Å²) in [6.07, 6.45) is 15.5. The largest absolute Gasteiger partial charge is 0.497 e. The van der Waals surface area contributed by atoms with Gasteiger partial charge in [-0.3, -0.25) is 9.59 Å². The summed E-state index contributed by atoms with van der Waals surface area (Å²) in [6.45, 7) is 6.17. The van der Waals surface area contributed by atoms with E-state index in [4.69, 9.17) is 25.8 Å². The lowest BCUT2D eigenvalue weighted by atomic mass is 9.82. The summed E-state index contributed by atoms with van der Waals surface area (Å²) in [4.78, 5) is 25.8. The first-order chi connectivity index (χ1) is 16.4. The van der Waals surface area contributed by atoms with Gasteiger partial charge in [-0.2, -0.15) is 0 Å². The highest BCUT2D eigenvalue weighted by molar-refractivity contribution is 6.32. The van der Waals surface area contributed by atoms with E-state index in [-0.39, 0.29) is 10.8 Å². The Morgan fingerprint density at radius 2 is 1.32 bits per heavy atom. The van der Waals surface area contributed by atoms with E-state index in [9.17, 15) is 9.59 Å². The van der Waals surface area contributed by atoms with Crippen LogP contribution in [0.15, 0.2) is 18.2 Å². The van der Waals surface area contributed by atoms with Crippen molar-refractivity contribution in [3.05, 3.63) is 23.2 Å². The molecule has 0 radical (unpaired) electrons. The third kappa shape index (κ3) is 10.2. The number of hydrogen-bond donors (Lipinski definition) is 0. The van der Waals surface area contributed by atoms with Gasteiger partial charge in [0.2, 0.25) is 0 Å². The van der Waals surface area contributed by atoms with Gasteiger partial charge in [-0.05, 0) is 31.4 Å². The normalized spacial score (nSPS) is 11.3. The highest BCUT2D eigenvalue weighted by atomic mass is 35.5. The Kier molecular flexibility index (Phi) is 15.7. The number of carbonyl (C=O) groups is 2. The van der Waals surface area contributed by atoms with E-state index in [1.54, 1.807) is 32.0 Å². The van der Waals surface area contributed by atoms with Gasteiger partial charge >= 0.3 is 11.9 Å². The van der Waals surface area contributed by atoms with Crippen LogP contribution in [-0.4, -0.2) is 25.7 Å². The zero-order valence-electron chi connectivity index (χ0n) is 21.8. The molecular weight excluding hydrogens is 452 g/mol. The van der Waals surface area contributed by atoms with Gasteiger partial charge in [-0.1, -0.05) is 103 Å². The first-order valence-electron chi connectivity index (χ1n) is 13.2. The average molecular weight is 497 g/mol. The molecular formula is C28H45ClO5. The number of rotatable bonds is 19. The maximum Gasteiger partial charge on any atom is 0.328 e. The molecule has 0 aromatic heterocycles. The number of unbranched alkanes of at least 4 members (excludes halogenated alkanes) is 11. The Labute approximate surface area is 211 Å². The summed E-state index contributed by atoms with van der Waals surface area (Å²) in [5.41, 5.74) is -1.33. The molecule has 0 spiro atoms. The molecule has 1 aromatic rings. The zero-order chi connectivity index (χ0) is 25.2. The molecule has 0 fully saturated rings. The third-order valence-electron chi connectivity index (χ3n) is 6.56. The number of methoxy groups -OCH3 is 1. The first kappa shape index (κ1) is 30.3. The monoisotopic (exact) mass is 496 g/mol. The number of hydrogen-bond acceptors (Lipinski definition) is 5. The molecule has 0 bridgehead atoms. The highest BCUT2D eigenvalue weighted by Gasteiger charge is 2.46. The number of carbonyl (C=O) groups excluding carboxylic acids is 2. The number of benzene rings is 1. The molecule has 0 atom stereocenters. The van der Waals surface area contributed by atoms with Crippen LogP contribution >= 0.6 is 11.6 Å². The second-order valence-corrected chi connectivity index (χ2v) is 9.41. The molecule has 0 saturated heterocycles. The summed E-state index contributed by atoms with van der Waals surface area (Å²) in [7, 11) is 1.53. The molecule has 0 aliphatic rings. The van der Waals surface area contributed by atoms with Crippen LogP contribution in [0.3, 0.4) is 0 Å². The second-order valence-electron chi connectivity index (χ2n) is 9.00. The van der Waals surface area contributed by atoms with Gasteiger partial charge in [0.05, 0.1) is 18.7 Å². The van der Waals surface area contributed by atoms with Gasteiger partial charge in [-0.15, -0.1) is 0 Å². The Morgan fingerprint density at radius 3 is 1.79 bits per heavy atom. The van der Waals surface area contributed by atoms with Crippen molar-refractivity contribution in [1.29, 1.82) is 0 Å². The minimum atomic E-state index is -1.33. The van der Waals surface area contributed by atoms with E-state index >= 15 is 0 Å². The molecule has 5 nitrogen and oxygen atoms in total. The molecule has 34 heavy (non-hydrogen) atoms. The minimum absolute atomic E-state index is 0.201. The van der Waals surface area contributed by atoms with Crippen molar-refractivity contribution in [2.45, 2.75) is 111 Å². The van der Waals surface area contributed by atoms with Crippen molar-refractivity contribution in [1.82, 2.24) is 0 Å². The zero-order valence-corrected chi connectivity index (χ0v) is 22.5. The maximum atomic E-state index is 13.0. The van der Waals surface area contributed by atoms with Gasteiger partial charge in [0.1, 0.15) is 11.5 Å². The first-order valence-corrected chi connectivity index (χ1v) is 13.6. The SMILES string of the molecule is CCCCCCCCCCCCCCOC(=O)C(CC)(CC)C(=O)Oc1ccc(OC)cc1Cl. The van der Waals surface area contributed by atoms with Crippen LogP contribution in [0.4, 0.5) is 0 Å². The molecule has 0 unspecified atom stereocenters. The van der Waals surface area contributed by atoms with Crippen LogP contribution in [0.1, 0.15) is 111 Å². The maximum absolute atomic E-state index is 13.0. The van der Waals surface area contributed by atoms with E-state index in [0.29, 0.717) is 25.2 Å². The van der Waals surface area contributed by atoms with Crippen LogP contribution in [-0.2, 0) is 14.3 Å². The lowest BCUT2D eigenvalue weighted by Crippen LogP contribution is -2.42. The van der Waals surface area contributed by atoms with E-state index in [2.05, 4.69) is 6.92 Å². The minimum Gasteiger partial charge on any atom is -0.497 e. The lowest BCUT2D eigenvalue weighted by Gasteiger charge is -2.27. The second kappa shape index (κ2) is 17.7. The standard InChI is InChI=1S/C28H45ClO5/c1-5-8-9-10-11-12-13-14-15-16-17-18-21-33-26(30)28(6-2,7-3)27(31)34-25-20-19-23(32-4)22-24(25)29/h19-20,22H,5-18,21H2,1-4H3. The number of ether oxygens (including phenoxy) is 3. The Morgan fingerprint density at radius 1 is 0.794 bits per heavy atom. The molecule has 0 saturated carbocycles. The van der Waals surface area contributed by atoms with Crippen molar-refractivity contribution in [3.8, 4) is 11.5 Å². The quantitative estimate of drug-likeness (QED) is 0.0833. The van der Waals surface area contributed by atoms with Crippen LogP contribution in [0.5, 0.6) is 11.5 Å². The summed E-state index contributed by atoms with van der Waals surface area (Å²) in [5, 5.41) is 0.249. The fourth-order valence-electron chi connectivity index (χ4n) is 4.05. The molecule has 0 heterocycles. The smallest absolute Gasteiger partial charge is 0.328 e. The van der Waals surface area contributed by atoms with Gasteiger partial charge in [0, 0.05) is 6.07 Å². The van der Waals surface area contributed by atoms with E-state index < -0.39 is 17.4 Å². The predicted octanol–water partition coefficient (Wildman–Crippen LogP) is 8.30. The Bertz CT molecular complexity index is 715. The highest BCUT2D eigenvalue weighted by Crippen LogP contribution is 2.34. The van der Waals surface area contributed by atoms with Gasteiger partial charge in [0.25, 0.3) is 0 Å². The van der Waals surface area contributed by atoms with E-state index in [1.165, 1.54) is 64.9 Å². The summed E-state index contributed by atoms with van der Waals surface area (Å²) < 4.78 is 16.1. The topological polar surface area (TPSA) is 61.8 Å². The van der Waals surface area contributed by atoms with Crippen LogP contribution in [0.25, 0.3) is 0 Å². The number of esters is 2. The van der Waals surface area contributed by atoms with Crippen LogP contribution in [0.2, 0.25) is 5.02 Å². The van der Waals surface area contributed by atoms with Crippen LogP contribution in [0, 0.1) is 5.41 Å². The molecule has 1 aromatic carbocycles. The molecule has 194 valence electrons. The number of halogens is 1. The summed E-state index contributed by atoms with van der Waals surface area (Å²) in [6, 6.07) is 4.78. The fourth-order valence-corrected chi connectivity index (χ4v) is 4.25. The average Bonchev–Trinajstić information content (AvgIpc) is 2.84. The van der Waals surface area contributed by atoms with E-state index in [0.717, 1.165) is 19.3 Å². The summed E-state index contributed by atoms with van der Waals surface area (Å²) >= 11 is 6.19. The molecule has 0 N–H and O–H groups in total. The van der Waals surface area contributed by atoms with Crippen molar-refractivity contribution in [2.24, 2.45) is 5.41 Å². The van der Waals surface area contributed by atoms with Gasteiger partial charge in [0.15, 0.2) is 5.41 Å². The molecule has 0 aliphatic heterocycles. The van der Waals surface area contributed by atoms with Crippen LogP contribution < -0.4 is 9.47 Å². The fraction of sp³-hybridized carbons (Fsp3) is 0.714. The van der Waals surface area contributed by atoms with Gasteiger partial charge < -0.3 is 14.2 Å². The predicted molar refractivity (Wildman–Crippen MR) is 139 cm³/mol. The third-order valence-corrected chi connectivity index (χ3v) is 6.86. The summed E-state index contributed by atoms with van der Waals surface area (Å²) in [5.74, 6) is -0.393. The van der Waals surface area contributed by atoms with Crippen molar-refractivity contribution in [2.75, 3.05) is 13.7 Å². The molecule has 6 heteroatoms.